The van der Waals surface area contributed by atoms with Crippen molar-refractivity contribution in [1.82, 2.24) is 0 Å². The summed E-state index contributed by atoms with van der Waals surface area (Å²) in [7, 11) is 0. The molecule has 26 heavy (non-hydrogen) atoms. The highest BCUT2D eigenvalue weighted by atomic mass is 32.2. The zero-order valence-electron chi connectivity index (χ0n) is 14.2. The van der Waals surface area contributed by atoms with Gasteiger partial charge in [0.25, 0.3) is 0 Å². The highest BCUT2D eigenvalue weighted by molar-refractivity contribution is 8.01. The lowest BCUT2D eigenvalue weighted by molar-refractivity contribution is -0.120. The van der Waals surface area contributed by atoms with Crippen LogP contribution in [0, 0.1) is 0 Å². The third-order valence-electron chi connectivity index (χ3n) is 3.83. The Morgan fingerprint density at radius 2 is 1.73 bits per heavy atom. The first kappa shape index (κ1) is 18.0. The molecule has 3 rings (SSSR count). The number of para-hydroxylation sites is 1. The van der Waals surface area contributed by atoms with E-state index >= 15 is 0 Å². The minimum Gasteiger partial charge on any atom is -0.326 e. The standard InChI is InChI=1S/C19H19N3O3S/c1-2-17(23)20-12-6-5-7-13(10-12)21-18(24)11-16-19(25)22-14-8-3-4-9-15(14)26-16/h3-10,16H,2,11H2,1H3,(H,20,23)(H,21,24)(H,22,25). The second-order valence-corrected chi connectivity index (χ2v) is 7.07. The SMILES string of the molecule is CCC(=O)Nc1cccc(NC(=O)CC2Sc3ccccc3NC2=O)c1. The summed E-state index contributed by atoms with van der Waals surface area (Å²) in [5, 5.41) is 7.88. The van der Waals surface area contributed by atoms with Gasteiger partial charge in [-0.3, -0.25) is 14.4 Å². The molecule has 0 saturated heterocycles. The molecule has 0 radical (unpaired) electrons. The quantitative estimate of drug-likeness (QED) is 0.753. The van der Waals surface area contributed by atoms with Crippen molar-refractivity contribution in [3.8, 4) is 0 Å². The van der Waals surface area contributed by atoms with E-state index in [1.54, 1.807) is 31.2 Å². The Kier molecular flexibility index (Phi) is 5.58. The normalized spacial score (nSPS) is 15.6. The number of carbonyl (C=O) groups excluding carboxylic acids is 3. The molecule has 1 unspecified atom stereocenters. The number of fused-ring (bicyclic) bond motifs is 1. The van der Waals surface area contributed by atoms with E-state index in [9.17, 15) is 14.4 Å². The number of hydrogen-bond acceptors (Lipinski definition) is 4. The average molecular weight is 369 g/mol. The maximum Gasteiger partial charge on any atom is 0.238 e. The molecule has 0 aromatic heterocycles. The van der Waals surface area contributed by atoms with Crippen molar-refractivity contribution in [1.29, 1.82) is 0 Å². The van der Waals surface area contributed by atoms with Gasteiger partial charge < -0.3 is 16.0 Å². The summed E-state index contributed by atoms with van der Waals surface area (Å²) >= 11 is 1.39. The van der Waals surface area contributed by atoms with E-state index in [1.165, 1.54) is 11.8 Å². The molecule has 0 aliphatic carbocycles. The van der Waals surface area contributed by atoms with Gasteiger partial charge in [0, 0.05) is 29.1 Å². The molecule has 1 heterocycles. The predicted molar refractivity (Wildman–Crippen MR) is 103 cm³/mol. The highest BCUT2D eigenvalue weighted by Gasteiger charge is 2.28. The number of carbonyl (C=O) groups is 3. The minimum absolute atomic E-state index is 0.0659. The van der Waals surface area contributed by atoms with Gasteiger partial charge in [0.2, 0.25) is 17.7 Å². The van der Waals surface area contributed by atoms with Crippen LogP contribution >= 0.6 is 11.8 Å². The van der Waals surface area contributed by atoms with E-state index < -0.39 is 5.25 Å². The van der Waals surface area contributed by atoms with E-state index in [0.29, 0.717) is 17.8 Å². The molecule has 0 fully saturated rings. The first-order valence-electron chi connectivity index (χ1n) is 8.31. The molecule has 6 nitrogen and oxygen atoms in total. The Morgan fingerprint density at radius 1 is 1.04 bits per heavy atom. The van der Waals surface area contributed by atoms with E-state index in [2.05, 4.69) is 16.0 Å². The van der Waals surface area contributed by atoms with Gasteiger partial charge in [0.15, 0.2) is 0 Å². The fraction of sp³-hybridized carbons (Fsp3) is 0.211. The molecule has 1 aliphatic heterocycles. The lowest BCUT2D eigenvalue weighted by atomic mass is 10.2. The van der Waals surface area contributed by atoms with Crippen LogP contribution in [0.15, 0.2) is 53.4 Å². The largest absolute Gasteiger partial charge is 0.326 e. The van der Waals surface area contributed by atoms with Crippen molar-refractivity contribution in [3.05, 3.63) is 48.5 Å². The second kappa shape index (κ2) is 8.05. The summed E-state index contributed by atoms with van der Waals surface area (Å²) in [4.78, 5) is 37.0. The van der Waals surface area contributed by atoms with E-state index in [4.69, 9.17) is 0 Å². The van der Waals surface area contributed by atoms with Gasteiger partial charge in [0.1, 0.15) is 0 Å². The minimum atomic E-state index is -0.479. The van der Waals surface area contributed by atoms with E-state index in [0.717, 1.165) is 10.6 Å². The molecule has 1 atom stereocenters. The van der Waals surface area contributed by atoms with Crippen LogP contribution in [0.5, 0.6) is 0 Å². The van der Waals surface area contributed by atoms with E-state index in [-0.39, 0.29) is 24.1 Å². The van der Waals surface area contributed by atoms with Gasteiger partial charge in [-0.25, -0.2) is 0 Å². The summed E-state index contributed by atoms with van der Waals surface area (Å²) in [5.74, 6) is -0.522. The number of amides is 3. The van der Waals surface area contributed by atoms with Crippen LogP contribution in [0.1, 0.15) is 19.8 Å². The monoisotopic (exact) mass is 369 g/mol. The van der Waals surface area contributed by atoms with Gasteiger partial charge in [-0.15, -0.1) is 11.8 Å². The molecule has 3 amide bonds. The van der Waals surface area contributed by atoms with Crippen molar-refractivity contribution in [2.75, 3.05) is 16.0 Å². The van der Waals surface area contributed by atoms with Crippen molar-refractivity contribution >= 4 is 46.5 Å². The number of benzene rings is 2. The third kappa shape index (κ3) is 4.43. The molecular formula is C19H19N3O3S. The number of thioether (sulfide) groups is 1. The van der Waals surface area contributed by atoms with Crippen LogP contribution in [0.25, 0.3) is 0 Å². The number of anilines is 3. The van der Waals surface area contributed by atoms with Crippen LogP contribution in [0.3, 0.4) is 0 Å². The second-order valence-electron chi connectivity index (χ2n) is 5.83. The summed E-state index contributed by atoms with van der Waals surface area (Å²) in [6, 6.07) is 14.5. The fourth-order valence-corrected chi connectivity index (χ4v) is 3.64. The van der Waals surface area contributed by atoms with Crippen LogP contribution in [-0.2, 0) is 14.4 Å². The van der Waals surface area contributed by atoms with Crippen molar-refractivity contribution in [3.63, 3.8) is 0 Å². The smallest absolute Gasteiger partial charge is 0.238 e. The number of rotatable bonds is 5. The van der Waals surface area contributed by atoms with Gasteiger partial charge >= 0.3 is 0 Å². The molecule has 134 valence electrons. The molecule has 0 saturated carbocycles. The van der Waals surface area contributed by atoms with Gasteiger partial charge in [0.05, 0.1) is 10.9 Å². The maximum atomic E-state index is 12.3. The Hall–Kier alpha value is -2.80. The predicted octanol–water partition coefficient (Wildman–Crippen LogP) is 3.48. The summed E-state index contributed by atoms with van der Waals surface area (Å²) in [6.45, 7) is 1.77. The molecule has 2 aromatic carbocycles. The van der Waals surface area contributed by atoms with E-state index in [1.807, 2.05) is 24.3 Å². The zero-order valence-corrected chi connectivity index (χ0v) is 15.1. The summed E-state index contributed by atoms with van der Waals surface area (Å²) < 4.78 is 0. The molecule has 2 aromatic rings. The van der Waals surface area contributed by atoms with Crippen LogP contribution in [0.4, 0.5) is 17.1 Å². The Bertz CT molecular complexity index is 853. The maximum absolute atomic E-state index is 12.3. The van der Waals surface area contributed by atoms with Gasteiger partial charge in [-0.1, -0.05) is 25.1 Å². The van der Waals surface area contributed by atoms with Crippen LogP contribution < -0.4 is 16.0 Å². The molecule has 0 bridgehead atoms. The number of nitrogens with one attached hydrogen (secondary N) is 3. The zero-order chi connectivity index (χ0) is 18.5. The lowest BCUT2D eigenvalue weighted by Gasteiger charge is -2.23. The lowest BCUT2D eigenvalue weighted by Crippen LogP contribution is -2.32. The van der Waals surface area contributed by atoms with Crippen molar-refractivity contribution in [2.24, 2.45) is 0 Å². The Balaban J connectivity index is 1.62. The first-order chi connectivity index (χ1) is 12.5. The molecule has 1 aliphatic rings. The molecule has 7 heteroatoms. The van der Waals surface area contributed by atoms with Gasteiger partial charge in [-0.05, 0) is 30.3 Å². The third-order valence-corrected chi connectivity index (χ3v) is 5.10. The Morgan fingerprint density at radius 3 is 2.46 bits per heavy atom. The van der Waals surface area contributed by atoms with Crippen molar-refractivity contribution in [2.45, 2.75) is 29.9 Å². The molecular weight excluding hydrogens is 350 g/mol. The number of hydrogen-bond donors (Lipinski definition) is 3. The highest BCUT2D eigenvalue weighted by Crippen LogP contribution is 2.36. The Labute approximate surface area is 155 Å². The first-order valence-corrected chi connectivity index (χ1v) is 9.19. The molecule has 3 N–H and O–H groups in total. The van der Waals surface area contributed by atoms with Crippen LogP contribution in [-0.4, -0.2) is 23.0 Å². The van der Waals surface area contributed by atoms with Gasteiger partial charge in [-0.2, -0.15) is 0 Å². The topological polar surface area (TPSA) is 87.3 Å². The van der Waals surface area contributed by atoms with Crippen LogP contribution in [0.2, 0.25) is 0 Å². The molecule has 0 spiro atoms. The summed E-state index contributed by atoms with van der Waals surface area (Å²) in [6.07, 6.45) is 0.447. The van der Waals surface area contributed by atoms with Crippen molar-refractivity contribution < 1.29 is 14.4 Å². The summed E-state index contributed by atoms with van der Waals surface area (Å²) in [5.41, 5.74) is 1.97. The average Bonchev–Trinajstić information content (AvgIpc) is 2.62. The fourth-order valence-electron chi connectivity index (χ4n) is 2.53.